The van der Waals surface area contributed by atoms with Crippen LogP contribution in [-0.2, 0) is 10.2 Å². The Morgan fingerprint density at radius 3 is 2.67 bits per heavy atom. The fourth-order valence-corrected chi connectivity index (χ4v) is 2.98. The largest absolute Gasteiger partial charge is 0.481 e. The molecule has 0 unspecified atom stereocenters. The molecule has 0 spiro atoms. The maximum absolute atomic E-state index is 11.9. The van der Waals surface area contributed by atoms with Crippen molar-refractivity contribution in [2.75, 3.05) is 31.2 Å². The number of methoxy groups -OCH3 is 1. The first kappa shape index (κ1) is 13.4. The molecule has 1 N–H and O–H groups in total. The Morgan fingerprint density at radius 1 is 1.44 bits per heavy atom. The first-order chi connectivity index (χ1) is 8.55. The smallest absolute Gasteiger partial charge is 0.302 e. The minimum atomic E-state index is -3.50. The van der Waals surface area contributed by atoms with Crippen LogP contribution in [0.2, 0.25) is 0 Å². The zero-order chi connectivity index (χ0) is 13.2. The molecule has 9 heteroatoms. The Hall–Kier alpha value is -1.06. The van der Waals surface area contributed by atoms with Crippen LogP contribution in [0.25, 0.3) is 0 Å². The van der Waals surface area contributed by atoms with E-state index in [0.717, 1.165) is 6.42 Å². The summed E-state index contributed by atoms with van der Waals surface area (Å²) in [7, 11) is -2.03. The molecule has 1 aromatic rings. The molecule has 0 aromatic carbocycles. The number of hydrogen-bond donors (Lipinski definition) is 1. The predicted molar refractivity (Wildman–Crippen MR) is 69.1 cm³/mol. The summed E-state index contributed by atoms with van der Waals surface area (Å²) >= 11 is 1.32. The van der Waals surface area contributed by atoms with Gasteiger partial charge in [-0.05, 0) is 12.7 Å². The van der Waals surface area contributed by atoms with Crippen LogP contribution in [0, 0.1) is 0 Å². The van der Waals surface area contributed by atoms with E-state index >= 15 is 0 Å². The second-order valence-electron chi connectivity index (χ2n) is 3.64. The molecule has 2 rings (SSSR count). The predicted octanol–water partition coefficient (Wildman–Crippen LogP) is 0.569. The number of ether oxygens (including phenoxy) is 1. The quantitative estimate of drug-likeness (QED) is 0.630. The highest BCUT2D eigenvalue weighted by molar-refractivity contribution is 7.98. The minimum Gasteiger partial charge on any atom is -0.481 e. The van der Waals surface area contributed by atoms with Crippen LogP contribution in [0.1, 0.15) is 6.42 Å². The van der Waals surface area contributed by atoms with Crippen molar-refractivity contribution in [1.29, 1.82) is 0 Å². The second-order valence-corrected chi connectivity index (χ2v) is 6.09. The van der Waals surface area contributed by atoms with E-state index in [4.69, 9.17) is 4.74 Å². The van der Waals surface area contributed by atoms with Crippen LogP contribution < -0.4 is 9.46 Å². The molecule has 0 bridgehead atoms. The summed E-state index contributed by atoms with van der Waals surface area (Å²) in [6.45, 7) is 1.10. The Labute approximate surface area is 110 Å². The summed E-state index contributed by atoms with van der Waals surface area (Å²) in [6, 6.07) is 1.46. The van der Waals surface area contributed by atoms with E-state index in [0.29, 0.717) is 24.1 Å². The van der Waals surface area contributed by atoms with Gasteiger partial charge in [0.1, 0.15) is 5.82 Å². The van der Waals surface area contributed by atoms with E-state index in [1.54, 1.807) is 0 Å². The molecule has 0 saturated carbocycles. The van der Waals surface area contributed by atoms with Crippen molar-refractivity contribution < 1.29 is 13.2 Å². The summed E-state index contributed by atoms with van der Waals surface area (Å²) < 4.78 is 32.6. The van der Waals surface area contributed by atoms with E-state index in [-0.39, 0.29) is 5.82 Å². The molecule has 1 aromatic heterocycles. The Bertz CT molecular complexity index is 508. The highest BCUT2D eigenvalue weighted by Gasteiger charge is 2.28. The fraction of sp³-hybridized carbons (Fsp3) is 0.556. The molecule has 7 nitrogen and oxygen atoms in total. The molecule has 18 heavy (non-hydrogen) atoms. The number of rotatable bonds is 5. The van der Waals surface area contributed by atoms with Crippen LogP contribution in [0.15, 0.2) is 11.2 Å². The van der Waals surface area contributed by atoms with Crippen molar-refractivity contribution in [3.63, 3.8) is 0 Å². The van der Waals surface area contributed by atoms with Crippen molar-refractivity contribution >= 4 is 27.8 Å². The molecule has 1 saturated heterocycles. The van der Waals surface area contributed by atoms with Gasteiger partial charge >= 0.3 is 10.2 Å². The molecule has 0 radical (unpaired) electrons. The van der Waals surface area contributed by atoms with Gasteiger partial charge in [-0.25, -0.2) is 4.98 Å². The molecule has 1 aliphatic heterocycles. The summed E-state index contributed by atoms with van der Waals surface area (Å²) in [6.07, 6.45) is 2.70. The maximum Gasteiger partial charge on any atom is 0.302 e. The van der Waals surface area contributed by atoms with Gasteiger partial charge in [-0.15, -0.1) is 0 Å². The molecule has 1 aliphatic rings. The molecule has 0 amide bonds. The third-order valence-electron chi connectivity index (χ3n) is 2.46. The Kier molecular flexibility index (Phi) is 3.93. The van der Waals surface area contributed by atoms with E-state index in [2.05, 4.69) is 14.7 Å². The lowest BCUT2D eigenvalue weighted by Crippen LogP contribution is -2.45. The average Bonchev–Trinajstić information content (AvgIpc) is 2.24. The van der Waals surface area contributed by atoms with Crippen molar-refractivity contribution in [2.24, 2.45) is 0 Å². The number of anilines is 1. The topological polar surface area (TPSA) is 84.4 Å². The number of thioether (sulfide) groups is 1. The van der Waals surface area contributed by atoms with Crippen LogP contribution in [0.3, 0.4) is 0 Å². The third kappa shape index (κ3) is 2.85. The van der Waals surface area contributed by atoms with Crippen LogP contribution >= 0.6 is 11.8 Å². The molecule has 0 aliphatic carbocycles. The van der Waals surface area contributed by atoms with Gasteiger partial charge in [0.25, 0.3) is 0 Å². The second kappa shape index (κ2) is 5.29. The maximum atomic E-state index is 11.9. The van der Waals surface area contributed by atoms with Crippen molar-refractivity contribution in [3.05, 3.63) is 6.07 Å². The molecule has 1 fully saturated rings. The highest BCUT2D eigenvalue weighted by Crippen LogP contribution is 2.21. The summed E-state index contributed by atoms with van der Waals surface area (Å²) in [4.78, 5) is 8.14. The normalized spacial score (nSPS) is 16.1. The van der Waals surface area contributed by atoms with Gasteiger partial charge < -0.3 is 4.74 Å². The SMILES string of the molecule is COc1cc(NS(=O)(=O)N2CCC2)nc(SC)n1. The first-order valence-electron chi connectivity index (χ1n) is 5.30. The molecular formula is C9H14N4O3S2. The first-order valence-corrected chi connectivity index (χ1v) is 7.96. The fourth-order valence-electron chi connectivity index (χ4n) is 1.38. The average molecular weight is 290 g/mol. The van der Waals surface area contributed by atoms with E-state index in [1.165, 1.54) is 29.2 Å². The number of nitrogens with zero attached hydrogens (tertiary/aromatic N) is 3. The molecule has 2 heterocycles. The van der Waals surface area contributed by atoms with Gasteiger partial charge in [0, 0.05) is 19.2 Å². The van der Waals surface area contributed by atoms with Gasteiger partial charge in [0.15, 0.2) is 5.16 Å². The lowest BCUT2D eigenvalue weighted by molar-refractivity contribution is 0.311. The zero-order valence-corrected chi connectivity index (χ0v) is 11.7. The van der Waals surface area contributed by atoms with Gasteiger partial charge in [-0.3, -0.25) is 4.72 Å². The van der Waals surface area contributed by atoms with Crippen molar-refractivity contribution in [3.8, 4) is 5.88 Å². The van der Waals surface area contributed by atoms with E-state index < -0.39 is 10.2 Å². The summed E-state index contributed by atoms with van der Waals surface area (Å²) in [5.41, 5.74) is 0. The summed E-state index contributed by atoms with van der Waals surface area (Å²) in [5, 5.41) is 0.454. The van der Waals surface area contributed by atoms with Gasteiger partial charge in [-0.1, -0.05) is 11.8 Å². The van der Waals surface area contributed by atoms with E-state index in [1.807, 2.05) is 6.26 Å². The van der Waals surface area contributed by atoms with Crippen LogP contribution in [0.4, 0.5) is 5.82 Å². The zero-order valence-electron chi connectivity index (χ0n) is 10.1. The van der Waals surface area contributed by atoms with Gasteiger partial charge in [0.2, 0.25) is 5.88 Å². The van der Waals surface area contributed by atoms with Crippen LogP contribution in [-0.4, -0.2) is 49.1 Å². The Morgan fingerprint density at radius 2 is 2.17 bits per heavy atom. The molecular weight excluding hydrogens is 276 g/mol. The van der Waals surface area contributed by atoms with Gasteiger partial charge in [-0.2, -0.15) is 17.7 Å². The number of aromatic nitrogens is 2. The standard InChI is InChI=1S/C9H14N4O3S2/c1-16-8-6-7(10-9(11-8)17-2)12-18(14,15)13-4-3-5-13/h6H,3-5H2,1-2H3,(H,10,11,12). The van der Waals surface area contributed by atoms with Crippen LogP contribution in [0.5, 0.6) is 5.88 Å². The molecule has 100 valence electrons. The Balaban J connectivity index is 2.22. The number of nitrogens with one attached hydrogen (secondary N) is 1. The van der Waals surface area contributed by atoms with Crippen molar-refractivity contribution in [2.45, 2.75) is 11.6 Å². The van der Waals surface area contributed by atoms with Crippen molar-refractivity contribution in [1.82, 2.24) is 14.3 Å². The lowest BCUT2D eigenvalue weighted by Gasteiger charge is -2.29. The summed E-state index contributed by atoms with van der Waals surface area (Å²) in [5.74, 6) is 0.550. The number of hydrogen-bond acceptors (Lipinski definition) is 6. The minimum absolute atomic E-state index is 0.220. The molecule has 0 atom stereocenters. The highest BCUT2D eigenvalue weighted by atomic mass is 32.2. The third-order valence-corrected chi connectivity index (χ3v) is 4.52. The van der Waals surface area contributed by atoms with E-state index in [9.17, 15) is 8.42 Å². The lowest BCUT2D eigenvalue weighted by atomic mass is 10.3. The monoisotopic (exact) mass is 290 g/mol. The van der Waals surface area contributed by atoms with Gasteiger partial charge in [0.05, 0.1) is 7.11 Å².